The Morgan fingerprint density at radius 2 is 1.90 bits per heavy atom. The van der Waals surface area contributed by atoms with Crippen LogP contribution in [-0.2, 0) is 6.54 Å². The maximum atomic E-state index is 5.34. The average molecular weight is 362 g/mol. The van der Waals surface area contributed by atoms with E-state index in [2.05, 4.69) is 35.1 Å². The lowest BCUT2D eigenvalue weighted by Crippen LogP contribution is -2.26. The highest BCUT2D eigenvalue weighted by molar-refractivity contribution is 9.10. The maximum absolute atomic E-state index is 5.34. The smallest absolute Gasteiger partial charge is 0.161 e. The first-order chi connectivity index (χ1) is 9.62. The standard InChI is InChI=1S/C15H24BrNO2S/c1-5-20-7-6-11(2)17-10-12-8-14(18-3)15(19-4)9-13(12)16/h8-9,11,17H,5-7,10H2,1-4H3. The van der Waals surface area contributed by atoms with Crippen LogP contribution < -0.4 is 14.8 Å². The summed E-state index contributed by atoms with van der Waals surface area (Å²) in [6.07, 6.45) is 1.18. The number of hydrogen-bond donors (Lipinski definition) is 1. The molecule has 0 aromatic heterocycles. The molecule has 1 aromatic rings. The molecule has 1 atom stereocenters. The Morgan fingerprint density at radius 3 is 2.50 bits per heavy atom. The van der Waals surface area contributed by atoms with Gasteiger partial charge in [-0.15, -0.1) is 0 Å². The average Bonchev–Trinajstić information content (AvgIpc) is 2.45. The van der Waals surface area contributed by atoms with Crippen LogP contribution in [0.25, 0.3) is 0 Å². The quantitative estimate of drug-likeness (QED) is 0.671. The van der Waals surface area contributed by atoms with E-state index in [0.717, 1.165) is 22.5 Å². The number of benzene rings is 1. The molecule has 114 valence electrons. The fraction of sp³-hybridized carbons (Fsp3) is 0.600. The molecule has 1 N–H and O–H groups in total. The normalized spacial score (nSPS) is 12.2. The lowest BCUT2D eigenvalue weighted by molar-refractivity contribution is 0.354. The van der Waals surface area contributed by atoms with E-state index in [1.807, 2.05) is 23.9 Å². The highest BCUT2D eigenvalue weighted by Crippen LogP contribution is 2.33. The first-order valence-electron chi connectivity index (χ1n) is 6.83. The molecule has 0 radical (unpaired) electrons. The highest BCUT2D eigenvalue weighted by Gasteiger charge is 2.10. The zero-order chi connectivity index (χ0) is 15.0. The summed E-state index contributed by atoms with van der Waals surface area (Å²) in [6.45, 7) is 5.24. The van der Waals surface area contributed by atoms with Crippen LogP contribution in [0.3, 0.4) is 0 Å². The molecule has 0 aliphatic heterocycles. The van der Waals surface area contributed by atoms with Gasteiger partial charge in [0, 0.05) is 17.1 Å². The van der Waals surface area contributed by atoms with Crippen molar-refractivity contribution < 1.29 is 9.47 Å². The van der Waals surface area contributed by atoms with Gasteiger partial charge in [-0.3, -0.25) is 0 Å². The molecule has 1 unspecified atom stereocenters. The van der Waals surface area contributed by atoms with Crippen molar-refractivity contribution in [1.82, 2.24) is 5.32 Å². The van der Waals surface area contributed by atoms with Crippen molar-refractivity contribution in [2.75, 3.05) is 25.7 Å². The number of nitrogens with one attached hydrogen (secondary N) is 1. The third kappa shape index (κ3) is 5.54. The first kappa shape index (κ1) is 17.7. The third-order valence-electron chi connectivity index (χ3n) is 3.09. The van der Waals surface area contributed by atoms with Crippen LogP contribution in [0.4, 0.5) is 0 Å². The van der Waals surface area contributed by atoms with Crippen LogP contribution in [0.2, 0.25) is 0 Å². The predicted molar refractivity (Wildman–Crippen MR) is 91.2 cm³/mol. The predicted octanol–water partition coefficient (Wildman–Crippen LogP) is 4.09. The zero-order valence-electron chi connectivity index (χ0n) is 12.7. The van der Waals surface area contributed by atoms with Gasteiger partial charge in [0.1, 0.15) is 0 Å². The van der Waals surface area contributed by atoms with E-state index >= 15 is 0 Å². The van der Waals surface area contributed by atoms with E-state index in [0.29, 0.717) is 6.04 Å². The van der Waals surface area contributed by atoms with Gasteiger partial charge in [0.2, 0.25) is 0 Å². The molecule has 0 aliphatic rings. The molecule has 5 heteroatoms. The summed E-state index contributed by atoms with van der Waals surface area (Å²) in [5.74, 6) is 3.91. The Bertz CT molecular complexity index is 415. The number of halogens is 1. The number of methoxy groups -OCH3 is 2. The van der Waals surface area contributed by atoms with Crippen molar-refractivity contribution in [3.05, 3.63) is 22.2 Å². The van der Waals surface area contributed by atoms with Gasteiger partial charge in [-0.2, -0.15) is 11.8 Å². The molecule has 1 rings (SSSR count). The molecule has 0 amide bonds. The highest BCUT2D eigenvalue weighted by atomic mass is 79.9. The fourth-order valence-electron chi connectivity index (χ4n) is 1.82. The maximum Gasteiger partial charge on any atom is 0.161 e. The SMILES string of the molecule is CCSCCC(C)NCc1cc(OC)c(OC)cc1Br. The lowest BCUT2D eigenvalue weighted by atomic mass is 10.1. The van der Waals surface area contributed by atoms with Crippen LogP contribution in [0.5, 0.6) is 11.5 Å². The minimum absolute atomic E-state index is 0.508. The van der Waals surface area contributed by atoms with Crippen LogP contribution >= 0.6 is 27.7 Å². The van der Waals surface area contributed by atoms with E-state index in [1.165, 1.54) is 23.5 Å². The van der Waals surface area contributed by atoms with E-state index < -0.39 is 0 Å². The second-order valence-electron chi connectivity index (χ2n) is 4.57. The Balaban J connectivity index is 2.59. The molecule has 0 bridgehead atoms. The van der Waals surface area contributed by atoms with Crippen molar-refractivity contribution >= 4 is 27.7 Å². The number of thioether (sulfide) groups is 1. The molecule has 0 saturated heterocycles. The fourth-order valence-corrected chi connectivity index (χ4v) is 3.09. The second-order valence-corrected chi connectivity index (χ2v) is 6.81. The van der Waals surface area contributed by atoms with Crippen molar-refractivity contribution in [1.29, 1.82) is 0 Å². The Morgan fingerprint density at radius 1 is 1.25 bits per heavy atom. The summed E-state index contributed by atoms with van der Waals surface area (Å²) in [7, 11) is 3.31. The number of hydrogen-bond acceptors (Lipinski definition) is 4. The van der Waals surface area contributed by atoms with Crippen LogP contribution in [0.15, 0.2) is 16.6 Å². The summed E-state index contributed by atoms with van der Waals surface area (Å²) in [4.78, 5) is 0. The van der Waals surface area contributed by atoms with Crippen molar-refractivity contribution in [3.8, 4) is 11.5 Å². The van der Waals surface area contributed by atoms with E-state index in [1.54, 1.807) is 14.2 Å². The summed E-state index contributed by atoms with van der Waals surface area (Å²) in [5, 5.41) is 3.55. The summed E-state index contributed by atoms with van der Waals surface area (Å²) in [5.41, 5.74) is 1.18. The van der Waals surface area contributed by atoms with Gasteiger partial charge in [-0.25, -0.2) is 0 Å². The van der Waals surface area contributed by atoms with Gasteiger partial charge >= 0.3 is 0 Å². The minimum Gasteiger partial charge on any atom is -0.493 e. The first-order valence-corrected chi connectivity index (χ1v) is 8.78. The summed E-state index contributed by atoms with van der Waals surface area (Å²) < 4.78 is 11.7. The largest absolute Gasteiger partial charge is 0.493 e. The van der Waals surface area contributed by atoms with Gasteiger partial charge in [0.15, 0.2) is 11.5 Å². The molecule has 0 fully saturated rings. The van der Waals surface area contributed by atoms with E-state index in [9.17, 15) is 0 Å². The van der Waals surface area contributed by atoms with E-state index in [-0.39, 0.29) is 0 Å². The number of rotatable bonds is 9. The molecular weight excluding hydrogens is 338 g/mol. The van der Waals surface area contributed by atoms with Gasteiger partial charge in [-0.1, -0.05) is 22.9 Å². The summed E-state index contributed by atoms with van der Waals surface area (Å²) in [6, 6.07) is 4.48. The molecule has 3 nitrogen and oxygen atoms in total. The van der Waals surface area contributed by atoms with Gasteiger partial charge in [0.25, 0.3) is 0 Å². The van der Waals surface area contributed by atoms with Crippen molar-refractivity contribution in [2.24, 2.45) is 0 Å². The van der Waals surface area contributed by atoms with Gasteiger partial charge < -0.3 is 14.8 Å². The second kappa shape index (κ2) is 9.53. The zero-order valence-corrected chi connectivity index (χ0v) is 15.1. The van der Waals surface area contributed by atoms with Gasteiger partial charge in [0.05, 0.1) is 14.2 Å². The monoisotopic (exact) mass is 361 g/mol. The third-order valence-corrected chi connectivity index (χ3v) is 4.76. The van der Waals surface area contributed by atoms with Gasteiger partial charge in [-0.05, 0) is 42.5 Å². The van der Waals surface area contributed by atoms with Crippen LogP contribution in [0.1, 0.15) is 25.8 Å². The van der Waals surface area contributed by atoms with Crippen LogP contribution in [0, 0.1) is 0 Å². The van der Waals surface area contributed by atoms with Crippen LogP contribution in [-0.4, -0.2) is 31.8 Å². The molecular formula is C15H24BrNO2S. The minimum atomic E-state index is 0.508. The Hall–Kier alpha value is -0.390. The molecule has 1 aromatic carbocycles. The van der Waals surface area contributed by atoms with Crippen molar-refractivity contribution in [3.63, 3.8) is 0 Å². The van der Waals surface area contributed by atoms with Crippen molar-refractivity contribution in [2.45, 2.75) is 32.9 Å². The lowest BCUT2D eigenvalue weighted by Gasteiger charge is -2.16. The number of ether oxygens (including phenoxy) is 2. The molecule has 0 saturated carbocycles. The summed E-state index contributed by atoms with van der Waals surface area (Å²) >= 11 is 5.57. The Kier molecular flexibility index (Phi) is 8.41. The molecule has 0 heterocycles. The molecule has 0 aliphatic carbocycles. The topological polar surface area (TPSA) is 30.5 Å². The molecule has 0 spiro atoms. The molecule has 20 heavy (non-hydrogen) atoms. The Labute approximate surface area is 134 Å². The van der Waals surface area contributed by atoms with E-state index in [4.69, 9.17) is 9.47 Å².